The SMILES string of the molecule is CCC(CC)NC(=O)c1sc(NC(C)C)nc1N. The molecule has 0 bridgehead atoms. The largest absolute Gasteiger partial charge is 0.382 e. The van der Waals surface area contributed by atoms with E-state index >= 15 is 0 Å². The Morgan fingerprint density at radius 1 is 1.39 bits per heavy atom. The molecule has 18 heavy (non-hydrogen) atoms. The molecule has 1 amide bonds. The fraction of sp³-hybridized carbons (Fsp3) is 0.667. The molecule has 0 spiro atoms. The highest BCUT2D eigenvalue weighted by atomic mass is 32.1. The smallest absolute Gasteiger partial charge is 0.265 e. The number of nitrogens with zero attached hydrogens (tertiary/aromatic N) is 1. The van der Waals surface area contributed by atoms with Crippen LogP contribution in [-0.4, -0.2) is 23.0 Å². The van der Waals surface area contributed by atoms with Crippen molar-refractivity contribution in [3.05, 3.63) is 4.88 Å². The van der Waals surface area contributed by atoms with Crippen LogP contribution in [0.2, 0.25) is 0 Å². The number of nitrogens with one attached hydrogen (secondary N) is 2. The number of nitrogen functional groups attached to an aromatic ring is 1. The van der Waals surface area contributed by atoms with Gasteiger partial charge in [0.25, 0.3) is 5.91 Å². The van der Waals surface area contributed by atoms with Crippen molar-refractivity contribution in [3.8, 4) is 0 Å². The van der Waals surface area contributed by atoms with Gasteiger partial charge >= 0.3 is 0 Å². The molecule has 1 aromatic rings. The highest BCUT2D eigenvalue weighted by molar-refractivity contribution is 7.18. The third kappa shape index (κ3) is 3.87. The van der Waals surface area contributed by atoms with Gasteiger partial charge in [-0.2, -0.15) is 0 Å². The zero-order valence-electron chi connectivity index (χ0n) is 11.4. The molecule has 102 valence electrons. The minimum Gasteiger partial charge on any atom is -0.382 e. The summed E-state index contributed by atoms with van der Waals surface area (Å²) in [6.45, 7) is 8.13. The second-order valence-electron chi connectivity index (χ2n) is 4.52. The van der Waals surface area contributed by atoms with Crippen LogP contribution >= 0.6 is 11.3 Å². The summed E-state index contributed by atoms with van der Waals surface area (Å²) in [7, 11) is 0. The zero-order valence-corrected chi connectivity index (χ0v) is 12.2. The fourth-order valence-corrected chi connectivity index (χ4v) is 2.48. The van der Waals surface area contributed by atoms with Crippen LogP contribution in [0.5, 0.6) is 0 Å². The minimum absolute atomic E-state index is 0.129. The molecule has 6 heteroatoms. The summed E-state index contributed by atoms with van der Waals surface area (Å²) in [4.78, 5) is 16.7. The number of hydrogen-bond donors (Lipinski definition) is 3. The molecule has 0 atom stereocenters. The average Bonchev–Trinajstić information content (AvgIpc) is 2.65. The van der Waals surface area contributed by atoms with Crippen molar-refractivity contribution in [2.75, 3.05) is 11.1 Å². The number of aromatic nitrogens is 1. The molecule has 0 aliphatic rings. The summed E-state index contributed by atoms with van der Waals surface area (Å²) in [5.74, 6) is 0.169. The van der Waals surface area contributed by atoms with Crippen LogP contribution in [0.1, 0.15) is 50.2 Å². The lowest BCUT2D eigenvalue weighted by Crippen LogP contribution is -2.33. The van der Waals surface area contributed by atoms with E-state index < -0.39 is 0 Å². The van der Waals surface area contributed by atoms with Gasteiger partial charge in [0.05, 0.1) is 0 Å². The number of carbonyl (C=O) groups is 1. The molecule has 1 rings (SSSR count). The van der Waals surface area contributed by atoms with E-state index in [9.17, 15) is 4.79 Å². The normalized spacial score (nSPS) is 11.0. The first-order chi connectivity index (χ1) is 8.47. The first-order valence-electron chi connectivity index (χ1n) is 6.31. The number of hydrogen-bond acceptors (Lipinski definition) is 5. The summed E-state index contributed by atoms with van der Waals surface area (Å²) in [6.07, 6.45) is 1.83. The van der Waals surface area contributed by atoms with Crippen LogP contribution in [0.3, 0.4) is 0 Å². The van der Waals surface area contributed by atoms with Crippen molar-refractivity contribution in [2.45, 2.75) is 52.6 Å². The van der Waals surface area contributed by atoms with Crippen molar-refractivity contribution in [2.24, 2.45) is 0 Å². The fourth-order valence-electron chi connectivity index (χ4n) is 1.55. The minimum atomic E-state index is -0.129. The first kappa shape index (κ1) is 14.8. The van der Waals surface area contributed by atoms with E-state index in [0.717, 1.165) is 12.8 Å². The van der Waals surface area contributed by atoms with Gasteiger partial charge in [-0.05, 0) is 26.7 Å². The molecule has 1 aromatic heterocycles. The van der Waals surface area contributed by atoms with Gasteiger partial charge in [0.15, 0.2) is 5.13 Å². The van der Waals surface area contributed by atoms with Gasteiger partial charge in [-0.15, -0.1) is 0 Å². The van der Waals surface area contributed by atoms with E-state index in [1.165, 1.54) is 11.3 Å². The van der Waals surface area contributed by atoms with Gasteiger partial charge in [-0.3, -0.25) is 4.79 Å². The van der Waals surface area contributed by atoms with E-state index in [4.69, 9.17) is 5.73 Å². The van der Waals surface area contributed by atoms with Gasteiger partial charge in [-0.1, -0.05) is 25.2 Å². The number of thiazole rings is 1. The molecule has 0 aliphatic heterocycles. The summed E-state index contributed by atoms with van der Waals surface area (Å²) >= 11 is 1.30. The molecule has 5 nitrogen and oxygen atoms in total. The Kier molecular flexibility index (Phi) is 5.40. The lowest BCUT2D eigenvalue weighted by molar-refractivity contribution is 0.0939. The number of carbonyl (C=O) groups excluding carboxylic acids is 1. The standard InChI is InChI=1S/C12H22N4OS/c1-5-8(6-2)15-11(17)9-10(13)16-12(18-9)14-7(3)4/h7-8H,5-6,13H2,1-4H3,(H,14,16)(H,15,17). The number of rotatable bonds is 6. The van der Waals surface area contributed by atoms with Gasteiger partial charge in [0.2, 0.25) is 0 Å². The Hall–Kier alpha value is -1.30. The van der Waals surface area contributed by atoms with Crippen LogP contribution in [0, 0.1) is 0 Å². The van der Waals surface area contributed by atoms with Crippen molar-refractivity contribution in [3.63, 3.8) is 0 Å². The highest BCUT2D eigenvalue weighted by Gasteiger charge is 2.18. The quantitative estimate of drug-likeness (QED) is 0.742. The summed E-state index contributed by atoms with van der Waals surface area (Å²) < 4.78 is 0. The lowest BCUT2D eigenvalue weighted by atomic mass is 10.2. The molecule has 4 N–H and O–H groups in total. The van der Waals surface area contributed by atoms with E-state index in [0.29, 0.717) is 15.8 Å². The van der Waals surface area contributed by atoms with Crippen molar-refractivity contribution < 1.29 is 4.79 Å². The molecule has 0 saturated heterocycles. The van der Waals surface area contributed by atoms with Crippen LogP contribution in [0.25, 0.3) is 0 Å². The second-order valence-corrected chi connectivity index (χ2v) is 5.52. The van der Waals surface area contributed by atoms with Gasteiger partial charge in [0, 0.05) is 12.1 Å². The van der Waals surface area contributed by atoms with E-state index in [1.807, 2.05) is 13.8 Å². The molecule has 0 aliphatic carbocycles. The Morgan fingerprint density at radius 3 is 2.50 bits per heavy atom. The number of anilines is 2. The molecule has 0 saturated carbocycles. The maximum absolute atomic E-state index is 12.0. The monoisotopic (exact) mass is 270 g/mol. The van der Waals surface area contributed by atoms with Crippen LogP contribution < -0.4 is 16.4 Å². The maximum Gasteiger partial charge on any atom is 0.265 e. The van der Waals surface area contributed by atoms with E-state index in [2.05, 4.69) is 29.5 Å². The van der Waals surface area contributed by atoms with Crippen LogP contribution in [0.4, 0.5) is 10.9 Å². The Balaban J connectivity index is 2.76. The van der Waals surface area contributed by atoms with E-state index in [-0.39, 0.29) is 18.0 Å². The molecule has 0 aromatic carbocycles. The molecule has 1 heterocycles. The third-order valence-electron chi connectivity index (χ3n) is 2.59. The van der Waals surface area contributed by atoms with Crippen molar-refractivity contribution >= 4 is 28.2 Å². The Bertz CT molecular complexity index is 399. The first-order valence-corrected chi connectivity index (χ1v) is 7.13. The molecular formula is C12H22N4OS. The van der Waals surface area contributed by atoms with Crippen LogP contribution in [-0.2, 0) is 0 Å². The Morgan fingerprint density at radius 2 is 2.00 bits per heavy atom. The topological polar surface area (TPSA) is 80.0 Å². The Labute approximate surface area is 112 Å². The number of nitrogens with two attached hydrogens (primary N) is 1. The predicted molar refractivity (Wildman–Crippen MR) is 77.1 cm³/mol. The summed E-state index contributed by atoms with van der Waals surface area (Å²) in [5, 5.41) is 6.81. The molecular weight excluding hydrogens is 248 g/mol. The van der Waals surface area contributed by atoms with Gasteiger partial charge in [0.1, 0.15) is 10.7 Å². The third-order valence-corrected chi connectivity index (χ3v) is 3.59. The van der Waals surface area contributed by atoms with Crippen molar-refractivity contribution in [1.82, 2.24) is 10.3 Å². The summed E-state index contributed by atoms with van der Waals surface area (Å²) in [6, 6.07) is 0.464. The van der Waals surface area contributed by atoms with Gasteiger partial charge in [-0.25, -0.2) is 4.98 Å². The summed E-state index contributed by atoms with van der Waals surface area (Å²) in [5.41, 5.74) is 5.78. The average molecular weight is 270 g/mol. The lowest BCUT2D eigenvalue weighted by Gasteiger charge is -2.13. The highest BCUT2D eigenvalue weighted by Crippen LogP contribution is 2.25. The van der Waals surface area contributed by atoms with Crippen LogP contribution in [0.15, 0.2) is 0 Å². The molecule has 0 unspecified atom stereocenters. The molecule has 0 fully saturated rings. The van der Waals surface area contributed by atoms with Gasteiger partial charge < -0.3 is 16.4 Å². The maximum atomic E-state index is 12.0. The number of amides is 1. The zero-order chi connectivity index (χ0) is 13.7. The predicted octanol–water partition coefficient (Wildman–Crippen LogP) is 2.46. The van der Waals surface area contributed by atoms with E-state index in [1.54, 1.807) is 0 Å². The molecule has 0 radical (unpaired) electrons. The van der Waals surface area contributed by atoms with Crippen molar-refractivity contribution in [1.29, 1.82) is 0 Å². The second kappa shape index (κ2) is 6.58.